The summed E-state index contributed by atoms with van der Waals surface area (Å²) < 4.78 is 54.5. The molecule has 9 heteroatoms. The summed E-state index contributed by atoms with van der Waals surface area (Å²) in [6.45, 7) is 0. The Labute approximate surface area is 96.4 Å². The molecule has 6 nitrogen and oxygen atoms in total. The smallest absolute Gasteiger partial charge is 0 e. The van der Waals surface area contributed by atoms with Gasteiger partial charge in [-0.05, 0) is 0 Å². The van der Waals surface area contributed by atoms with Gasteiger partial charge in [-0.3, -0.25) is 0 Å². The molecule has 0 aliphatic carbocycles. The normalized spacial score (nSPS) is 8.56. The van der Waals surface area contributed by atoms with Crippen LogP contribution in [0.15, 0.2) is 0 Å². The van der Waals surface area contributed by atoms with E-state index in [2.05, 4.69) is 0 Å². The predicted octanol–water partition coefficient (Wildman–Crippen LogP) is -1.02. The van der Waals surface area contributed by atoms with Crippen LogP contribution in [-0.4, -0.2) is 13.0 Å². The van der Waals surface area contributed by atoms with E-state index in [1.165, 1.54) is 0 Å². The summed E-state index contributed by atoms with van der Waals surface area (Å²) in [7, 11) is 0. The van der Waals surface area contributed by atoms with Gasteiger partial charge >= 0.3 is 49.7 Å². The molecule has 0 saturated carbocycles. The van der Waals surface area contributed by atoms with Crippen molar-refractivity contribution in [2.24, 2.45) is 0 Å². The average Bonchev–Trinajstić information content (AvgIpc) is 1.25. The van der Waals surface area contributed by atoms with Crippen molar-refractivity contribution in [3.05, 3.63) is 0 Å². The molecule has 9 heavy (non-hydrogen) atoms. The van der Waals surface area contributed by atoms with Crippen molar-refractivity contribution in [1.82, 2.24) is 0 Å². The summed E-state index contributed by atoms with van der Waals surface area (Å²) in [6, 6.07) is 0. The van der Waals surface area contributed by atoms with Crippen LogP contribution in [0.4, 0.5) is 0 Å². The molecule has 0 amide bonds. The topological polar surface area (TPSA) is 106 Å². The number of rotatable bonds is 1. The van der Waals surface area contributed by atoms with E-state index >= 15 is 0 Å². The Morgan fingerprint density at radius 3 is 1.22 bits per heavy atom. The maximum absolute atomic E-state index is 9.41. The zero-order chi connectivity index (χ0) is 7.00. The molecule has 0 bridgehead atoms. The van der Waals surface area contributed by atoms with Gasteiger partial charge in [-0.25, -0.2) is 0 Å². The van der Waals surface area contributed by atoms with Gasteiger partial charge in [0.2, 0.25) is 0 Å². The monoisotopic (exact) mass is 421 g/mol. The summed E-state index contributed by atoms with van der Waals surface area (Å²) in [5, 5.41) is -5.28. The van der Waals surface area contributed by atoms with Crippen LogP contribution in [0.3, 0.4) is 0 Å². The van der Waals surface area contributed by atoms with E-state index in [1.54, 1.807) is 0 Å². The predicted molar refractivity (Wildman–Crippen MR) is 13.6 cm³/mol. The van der Waals surface area contributed by atoms with Crippen molar-refractivity contribution < 1.29 is 94.0 Å². The van der Waals surface area contributed by atoms with Gasteiger partial charge in [-0.2, -0.15) is 0 Å². The fraction of sp³-hybridized carbons (Fsp3) is 0. The summed E-state index contributed by atoms with van der Waals surface area (Å²) in [5.74, 6) is 0. The van der Waals surface area contributed by atoms with Gasteiger partial charge < -0.3 is 0 Å². The van der Waals surface area contributed by atoms with E-state index in [-0.39, 0.29) is 49.4 Å². The first kappa shape index (κ1) is 13.7. The summed E-state index contributed by atoms with van der Waals surface area (Å²) >= 11 is -6.92. The zero-order valence-electron chi connectivity index (χ0n) is 3.85. The Morgan fingerprint density at radius 2 is 1.22 bits per heavy atom. The van der Waals surface area contributed by atoms with E-state index < -0.39 is 31.7 Å². The third-order valence-electron chi connectivity index (χ3n) is 0.365. The maximum Gasteiger partial charge on any atom is 0 e. The molecular formula is HEuLaO6S. The molecule has 53 valence electrons. The first-order chi connectivity index (χ1) is 3.25. The largest absolute Gasteiger partial charge is 0 e. The molecule has 0 rings (SSSR count). The van der Waals surface area contributed by atoms with Gasteiger partial charge in [0.25, 0.3) is 0 Å². The summed E-state index contributed by atoms with van der Waals surface area (Å²) in [6.07, 6.45) is 0. The van der Waals surface area contributed by atoms with Crippen LogP contribution >= 0.6 is 0 Å². The van der Waals surface area contributed by atoms with Crippen LogP contribution in [0.25, 0.3) is 0 Å². The molecule has 0 fully saturated rings. The first-order valence-electron chi connectivity index (χ1n) is 1.46. The standard InChI is InChI=1S/Eu.La.HO3S.3O/c;;1-4(2)3;;;/h;;(H,1,2,3);;;. The van der Waals surface area contributed by atoms with E-state index in [9.17, 15) is 13.5 Å². The SMILES string of the molecule is O=[S](=O)(O)[La](=[O])(=[O])=[O].[Eu]. The van der Waals surface area contributed by atoms with Gasteiger partial charge in [0.1, 0.15) is 0 Å². The van der Waals surface area contributed by atoms with Crippen LogP contribution in [0.1, 0.15) is 0 Å². The van der Waals surface area contributed by atoms with Crippen LogP contribution in [0.2, 0.25) is 0 Å². The second-order valence-corrected chi connectivity index (χ2v) is 15.6. The van der Waals surface area contributed by atoms with E-state index in [0.717, 1.165) is 0 Å². The summed E-state index contributed by atoms with van der Waals surface area (Å²) in [4.78, 5) is 0. The van der Waals surface area contributed by atoms with Gasteiger partial charge in [0, 0.05) is 49.4 Å². The van der Waals surface area contributed by atoms with Crippen molar-refractivity contribution in [2.75, 3.05) is 0 Å². The fourth-order valence-corrected chi connectivity index (χ4v) is 0. The molecule has 0 aromatic carbocycles. The zero-order valence-corrected chi connectivity index (χ0v) is 10.7. The number of hydrogen-bond acceptors (Lipinski definition) is 5. The first-order valence-corrected chi connectivity index (χ1v) is 11.8. The molecule has 1 N–H and O–H groups in total. The summed E-state index contributed by atoms with van der Waals surface area (Å²) in [5.41, 5.74) is 0. The second-order valence-electron chi connectivity index (χ2n) is 1.09. The molecule has 1 radical (unpaired) electrons. The van der Waals surface area contributed by atoms with Gasteiger partial charge in [0.05, 0.1) is 0 Å². The third-order valence-corrected chi connectivity index (χ3v) is 7.97. The molecule has 0 aliphatic heterocycles. The minimum atomic E-state index is -6.92. The fourth-order valence-electron chi connectivity index (χ4n) is 0. The van der Waals surface area contributed by atoms with Crippen molar-refractivity contribution in [1.29, 1.82) is 0 Å². The maximum atomic E-state index is 9.41. The third kappa shape index (κ3) is 5.37. The molecule has 0 atom stereocenters. The Bertz CT molecular complexity index is 296. The van der Waals surface area contributed by atoms with Crippen molar-refractivity contribution in [3.63, 3.8) is 0 Å². The van der Waals surface area contributed by atoms with Gasteiger partial charge in [-0.15, -0.1) is 0 Å². The molecule has 0 unspecified atom stereocenters. The molecular weight excluding hydrogens is 419 g/mol. The van der Waals surface area contributed by atoms with Crippen LogP contribution in [0, 0.1) is 76.0 Å². The van der Waals surface area contributed by atoms with Crippen LogP contribution in [-0.2, 0) is 10.2 Å². The van der Waals surface area contributed by atoms with Crippen molar-refractivity contribution >= 4 is 5.07 Å². The Hall–Kier alpha value is 2.09. The van der Waals surface area contributed by atoms with Crippen LogP contribution in [0.5, 0.6) is 0 Å². The number of hydrogen-bond donors (Lipinski definition) is 1. The van der Waals surface area contributed by atoms with E-state index in [0.29, 0.717) is 0 Å². The van der Waals surface area contributed by atoms with E-state index in [4.69, 9.17) is 4.55 Å². The van der Waals surface area contributed by atoms with Gasteiger partial charge in [-0.1, -0.05) is 0 Å². The molecule has 0 heterocycles. The molecule has 0 aromatic rings. The second kappa shape index (κ2) is 4.20. The minimum Gasteiger partial charge on any atom is 0 e. The molecule has 0 aliphatic rings. The Kier molecular flexibility index (Phi) is 6.37. The molecule has 0 aromatic heterocycles. The van der Waals surface area contributed by atoms with Crippen LogP contribution < -0.4 is 0 Å². The average molecular weight is 420 g/mol. The Balaban J connectivity index is 0. The van der Waals surface area contributed by atoms with Crippen molar-refractivity contribution in [2.45, 2.75) is 0 Å². The quantitative estimate of drug-likeness (QED) is 0.545. The minimum absolute atomic E-state index is 0. The van der Waals surface area contributed by atoms with E-state index in [1.807, 2.05) is 0 Å². The molecule has 0 saturated heterocycles. The molecule has 0 spiro atoms. The van der Waals surface area contributed by atoms with Gasteiger partial charge in [0.15, 0.2) is 0 Å². The Morgan fingerprint density at radius 1 is 1.11 bits per heavy atom. The van der Waals surface area contributed by atoms with Crippen molar-refractivity contribution in [3.8, 4) is 0 Å².